The first-order valence-electron chi connectivity index (χ1n) is 4.62. The van der Waals surface area contributed by atoms with E-state index >= 15 is 0 Å². The molecule has 0 radical (unpaired) electrons. The molecule has 0 fully saturated rings. The van der Waals surface area contributed by atoms with E-state index in [2.05, 4.69) is 10.4 Å². The van der Waals surface area contributed by atoms with Crippen LogP contribution in [0.5, 0.6) is 0 Å². The van der Waals surface area contributed by atoms with Crippen LogP contribution in [0.1, 0.15) is 36.8 Å². The predicted molar refractivity (Wildman–Crippen MR) is 55.2 cm³/mol. The summed E-state index contributed by atoms with van der Waals surface area (Å²) in [7, 11) is 1.81. The van der Waals surface area contributed by atoms with Crippen molar-refractivity contribution >= 4 is 5.91 Å². The summed E-state index contributed by atoms with van der Waals surface area (Å²) in [5.74, 6) is -0.115. The van der Waals surface area contributed by atoms with Gasteiger partial charge in [-0.3, -0.25) is 9.48 Å². The number of nitrogens with one attached hydrogen (secondary N) is 1. The van der Waals surface area contributed by atoms with E-state index in [1.54, 1.807) is 11.7 Å². The number of amides is 1. The van der Waals surface area contributed by atoms with Crippen LogP contribution in [0.25, 0.3) is 0 Å². The third-order valence-electron chi connectivity index (χ3n) is 1.72. The molecule has 0 atom stereocenters. The maximum absolute atomic E-state index is 11.7. The lowest BCUT2D eigenvalue weighted by Gasteiger charge is -2.19. The Morgan fingerprint density at radius 3 is 2.43 bits per heavy atom. The lowest BCUT2D eigenvalue weighted by atomic mass is 10.1. The summed E-state index contributed by atoms with van der Waals surface area (Å²) in [6, 6.07) is 0. The lowest BCUT2D eigenvalue weighted by Crippen LogP contribution is -2.41. The Hall–Kier alpha value is -1.32. The molecule has 0 bridgehead atoms. The van der Waals surface area contributed by atoms with Crippen LogP contribution in [0.2, 0.25) is 0 Å². The Labute approximate surface area is 84.3 Å². The van der Waals surface area contributed by atoms with Gasteiger partial charge in [0.2, 0.25) is 0 Å². The molecular weight excluding hydrogens is 178 g/mol. The first kappa shape index (κ1) is 10.8. The van der Waals surface area contributed by atoms with E-state index in [9.17, 15) is 4.79 Å². The van der Waals surface area contributed by atoms with Crippen LogP contribution in [0.3, 0.4) is 0 Å². The zero-order valence-corrected chi connectivity index (χ0v) is 9.38. The first-order valence-corrected chi connectivity index (χ1v) is 4.62. The molecule has 14 heavy (non-hydrogen) atoms. The van der Waals surface area contributed by atoms with Crippen molar-refractivity contribution in [3.63, 3.8) is 0 Å². The molecule has 0 aromatic carbocycles. The number of aromatic nitrogens is 2. The van der Waals surface area contributed by atoms with E-state index in [4.69, 9.17) is 0 Å². The van der Waals surface area contributed by atoms with Crippen LogP contribution in [0, 0.1) is 6.92 Å². The molecule has 1 heterocycles. The maximum atomic E-state index is 11.7. The summed E-state index contributed by atoms with van der Waals surface area (Å²) in [6.45, 7) is 7.72. The van der Waals surface area contributed by atoms with Crippen molar-refractivity contribution in [2.75, 3.05) is 0 Å². The Morgan fingerprint density at radius 2 is 2.07 bits per heavy atom. The highest BCUT2D eigenvalue weighted by Crippen LogP contribution is 2.07. The second kappa shape index (κ2) is 3.44. The van der Waals surface area contributed by atoms with Crippen LogP contribution in [-0.2, 0) is 7.05 Å². The number of carbonyl (C=O) groups excluding carboxylic acids is 1. The summed E-state index contributed by atoms with van der Waals surface area (Å²) in [5.41, 5.74) is 1.18. The molecule has 4 nitrogen and oxygen atoms in total. The van der Waals surface area contributed by atoms with Crippen molar-refractivity contribution in [2.24, 2.45) is 7.05 Å². The number of aryl methyl sites for hydroxylation is 2. The van der Waals surface area contributed by atoms with Gasteiger partial charge in [0.05, 0.1) is 0 Å². The van der Waals surface area contributed by atoms with Gasteiger partial charge in [-0.25, -0.2) is 0 Å². The van der Waals surface area contributed by atoms with Crippen molar-refractivity contribution in [3.8, 4) is 0 Å². The molecule has 1 aromatic heterocycles. The quantitative estimate of drug-likeness (QED) is 0.733. The molecule has 0 aliphatic rings. The number of carbonyl (C=O) groups is 1. The Morgan fingerprint density at radius 1 is 1.50 bits per heavy atom. The van der Waals surface area contributed by atoms with Crippen LogP contribution in [-0.4, -0.2) is 21.2 Å². The molecule has 1 N–H and O–H groups in total. The van der Waals surface area contributed by atoms with Gasteiger partial charge in [-0.15, -0.1) is 0 Å². The summed E-state index contributed by atoms with van der Waals surface area (Å²) in [5, 5.41) is 6.97. The molecular formula is C10H17N3O. The highest BCUT2D eigenvalue weighted by atomic mass is 16.2. The normalized spacial score (nSPS) is 11.5. The smallest absolute Gasteiger partial charge is 0.272 e. The average molecular weight is 195 g/mol. The number of rotatable bonds is 1. The third kappa shape index (κ3) is 2.58. The second-order valence-corrected chi connectivity index (χ2v) is 4.54. The molecule has 0 saturated carbocycles. The number of hydrogen-bond acceptors (Lipinski definition) is 2. The molecule has 4 heteroatoms. The third-order valence-corrected chi connectivity index (χ3v) is 1.72. The molecule has 1 rings (SSSR count). The van der Waals surface area contributed by atoms with Crippen LogP contribution in [0.15, 0.2) is 6.20 Å². The van der Waals surface area contributed by atoms with Crippen molar-refractivity contribution in [1.29, 1.82) is 0 Å². The Kier molecular flexibility index (Phi) is 2.64. The SMILES string of the molecule is Cc1cn(C)nc1C(=O)NC(C)(C)C. The second-order valence-electron chi connectivity index (χ2n) is 4.54. The van der Waals surface area contributed by atoms with Crippen LogP contribution >= 0.6 is 0 Å². The first-order chi connectivity index (χ1) is 6.29. The van der Waals surface area contributed by atoms with Crippen LogP contribution in [0.4, 0.5) is 0 Å². The van der Waals surface area contributed by atoms with Gasteiger partial charge in [-0.1, -0.05) is 0 Å². The van der Waals surface area contributed by atoms with E-state index in [-0.39, 0.29) is 11.4 Å². The molecule has 78 valence electrons. The fraction of sp³-hybridized carbons (Fsp3) is 0.600. The van der Waals surface area contributed by atoms with Crippen molar-refractivity contribution in [3.05, 3.63) is 17.5 Å². The monoisotopic (exact) mass is 195 g/mol. The topological polar surface area (TPSA) is 46.9 Å². The predicted octanol–water partition coefficient (Wildman–Crippen LogP) is 1.26. The molecule has 0 aliphatic carbocycles. The number of hydrogen-bond donors (Lipinski definition) is 1. The maximum Gasteiger partial charge on any atom is 0.272 e. The van der Waals surface area contributed by atoms with E-state index in [1.165, 1.54) is 0 Å². The van der Waals surface area contributed by atoms with E-state index < -0.39 is 0 Å². The van der Waals surface area contributed by atoms with Gasteiger partial charge >= 0.3 is 0 Å². The number of nitrogens with zero attached hydrogens (tertiary/aromatic N) is 2. The summed E-state index contributed by atoms with van der Waals surface area (Å²) < 4.78 is 1.65. The fourth-order valence-corrected chi connectivity index (χ4v) is 1.23. The van der Waals surface area contributed by atoms with Crippen molar-refractivity contribution < 1.29 is 4.79 Å². The lowest BCUT2D eigenvalue weighted by molar-refractivity contribution is 0.0913. The zero-order valence-electron chi connectivity index (χ0n) is 9.38. The highest BCUT2D eigenvalue weighted by molar-refractivity contribution is 5.93. The standard InChI is InChI=1S/C10H17N3O/c1-7-6-13(5)12-8(7)9(14)11-10(2,3)4/h6H,1-5H3,(H,11,14). The van der Waals surface area contributed by atoms with Crippen LogP contribution < -0.4 is 5.32 Å². The highest BCUT2D eigenvalue weighted by Gasteiger charge is 2.18. The average Bonchev–Trinajstić information content (AvgIpc) is 2.26. The summed E-state index contributed by atoms with van der Waals surface area (Å²) in [6.07, 6.45) is 1.83. The fourth-order valence-electron chi connectivity index (χ4n) is 1.23. The van der Waals surface area contributed by atoms with E-state index in [0.717, 1.165) is 5.56 Å². The Bertz CT molecular complexity index is 347. The zero-order chi connectivity index (χ0) is 10.9. The van der Waals surface area contributed by atoms with Gasteiger partial charge in [0.1, 0.15) is 0 Å². The molecule has 0 aliphatic heterocycles. The van der Waals surface area contributed by atoms with E-state index in [0.29, 0.717) is 5.69 Å². The van der Waals surface area contributed by atoms with Gasteiger partial charge in [0, 0.05) is 24.3 Å². The molecule has 1 amide bonds. The minimum atomic E-state index is -0.221. The largest absolute Gasteiger partial charge is 0.346 e. The van der Waals surface area contributed by atoms with Crippen molar-refractivity contribution in [1.82, 2.24) is 15.1 Å². The minimum Gasteiger partial charge on any atom is -0.346 e. The van der Waals surface area contributed by atoms with E-state index in [1.807, 2.05) is 33.9 Å². The Balaban J connectivity index is 2.85. The minimum absolute atomic E-state index is 0.115. The van der Waals surface area contributed by atoms with Gasteiger partial charge in [-0.2, -0.15) is 5.10 Å². The molecule has 1 aromatic rings. The van der Waals surface area contributed by atoms with Gasteiger partial charge in [-0.05, 0) is 27.7 Å². The summed E-state index contributed by atoms with van der Waals surface area (Å²) in [4.78, 5) is 11.7. The molecule has 0 spiro atoms. The van der Waals surface area contributed by atoms with Crippen molar-refractivity contribution in [2.45, 2.75) is 33.2 Å². The molecule has 0 saturated heterocycles. The van der Waals surface area contributed by atoms with Gasteiger partial charge in [0.15, 0.2) is 5.69 Å². The molecule has 0 unspecified atom stereocenters. The van der Waals surface area contributed by atoms with Gasteiger partial charge in [0.25, 0.3) is 5.91 Å². The van der Waals surface area contributed by atoms with Gasteiger partial charge < -0.3 is 5.32 Å². The summed E-state index contributed by atoms with van der Waals surface area (Å²) >= 11 is 0.